The van der Waals surface area contributed by atoms with Crippen LogP contribution in [0.3, 0.4) is 0 Å². The summed E-state index contributed by atoms with van der Waals surface area (Å²) in [5.41, 5.74) is 0. The molecule has 196 valence electrons. The monoisotopic (exact) mass is 478 g/mol. The van der Waals surface area contributed by atoms with Crippen molar-refractivity contribution in [1.29, 1.82) is 0 Å². The third-order valence-electron chi connectivity index (χ3n) is 5.45. The molecule has 0 saturated carbocycles. The van der Waals surface area contributed by atoms with Gasteiger partial charge in [-0.2, -0.15) is 0 Å². The van der Waals surface area contributed by atoms with Gasteiger partial charge in [0.05, 0.1) is 6.61 Å². The zero-order chi connectivity index (χ0) is 25.1. The van der Waals surface area contributed by atoms with Crippen LogP contribution in [-0.2, 0) is 19.1 Å². The number of esters is 2. The fourth-order valence-electron chi connectivity index (χ4n) is 3.39. The topological polar surface area (TPSA) is 72.8 Å². The summed E-state index contributed by atoms with van der Waals surface area (Å²) in [6.07, 6.45) is 28.3. The molecule has 5 heteroatoms. The Morgan fingerprint density at radius 2 is 1.26 bits per heavy atom. The Kier molecular flexibility index (Phi) is 24.3. The highest BCUT2D eigenvalue weighted by Gasteiger charge is 2.15. The van der Waals surface area contributed by atoms with Gasteiger partial charge in [0.2, 0.25) is 0 Å². The quantitative estimate of drug-likeness (QED) is 0.0942. The normalized spacial score (nSPS) is 12.7. The van der Waals surface area contributed by atoms with E-state index in [0.717, 1.165) is 64.2 Å². The minimum atomic E-state index is -0.768. The molecule has 0 aromatic carbocycles. The Hall–Kier alpha value is -1.88. The van der Waals surface area contributed by atoms with Crippen LogP contribution in [0, 0.1) is 0 Å². The third-order valence-corrected chi connectivity index (χ3v) is 5.45. The van der Waals surface area contributed by atoms with E-state index in [0.29, 0.717) is 12.8 Å². The Balaban J connectivity index is 3.57. The second-order valence-corrected chi connectivity index (χ2v) is 8.74. The van der Waals surface area contributed by atoms with Gasteiger partial charge >= 0.3 is 11.9 Å². The molecule has 0 heterocycles. The molecular weight excluding hydrogens is 428 g/mol. The van der Waals surface area contributed by atoms with E-state index < -0.39 is 6.10 Å². The molecule has 0 rings (SSSR count). The lowest BCUT2D eigenvalue weighted by molar-refractivity contribution is -0.161. The fourth-order valence-corrected chi connectivity index (χ4v) is 3.39. The van der Waals surface area contributed by atoms with E-state index in [2.05, 4.69) is 50.3 Å². The number of ether oxygens (including phenoxy) is 2. The highest BCUT2D eigenvalue weighted by Crippen LogP contribution is 2.11. The number of hydrogen-bond acceptors (Lipinski definition) is 5. The number of allylic oxidation sites excluding steroid dienone is 6. The van der Waals surface area contributed by atoms with Crippen molar-refractivity contribution in [3.63, 3.8) is 0 Å². The van der Waals surface area contributed by atoms with Crippen molar-refractivity contribution in [2.24, 2.45) is 0 Å². The smallest absolute Gasteiger partial charge is 0.306 e. The predicted molar refractivity (Wildman–Crippen MR) is 141 cm³/mol. The van der Waals surface area contributed by atoms with Crippen LogP contribution in [-0.4, -0.2) is 36.4 Å². The first kappa shape index (κ1) is 32.1. The van der Waals surface area contributed by atoms with Gasteiger partial charge in [0, 0.05) is 12.8 Å². The van der Waals surface area contributed by atoms with Crippen molar-refractivity contribution >= 4 is 11.9 Å². The van der Waals surface area contributed by atoms with Gasteiger partial charge < -0.3 is 14.6 Å². The summed E-state index contributed by atoms with van der Waals surface area (Å²) in [7, 11) is 0. The molecule has 1 unspecified atom stereocenters. The molecule has 0 aromatic heterocycles. The molecule has 1 atom stereocenters. The summed E-state index contributed by atoms with van der Waals surface area (Å²) in [5, 5.41) is 9.34. The van der Waals surface area contributed by atoms with E-state index >= 15 is 0 Å². The van der Waals surface area contributed by atoms with Crippen LogP contribution < -0.4 is 0 Å². The van der Waals surface area contributed by atoms with Crippen LogP contribution in [0.1, 0.15) is 117 Å². The Morgan fingerprint density at radius 1 is 0.706 bits per heavy atom. The second-order valence-electron chi connectivity index (χ2n) is 8.74. The first-order valence-corrected chi connectivity index (χ1v) is 13.5. The third kappa shape index (κ3) is 23.3. The lowest BCUT2D eigenvalue weighted by Gasteiger charge is -2.15. The van der Waals surface area contributed by atoms with E-state index in [1.807, 2.05) is 0 Å². The molecule has 1 N–H and O–H groups in total. The second kappa shape index (κ2) is 25.7. The van der Waals surface area contributed by atoms with Gasteiger partial charge in [-0.1, -0.05) is 95.2 Å². The molecule has 0 fully saturated rings. The molecule has 0 aliphatic heterocycles. The highest BCUT2D eigenvalue weighted by atomic mass is 16.6. The first-order valence-electron chi connectivity index (χ1n) is 13.5. The summed E-state index contributed by atoms with van der Waals surface area (Å²) in [5.74, 6) is -0.637. The largest absolute Gasteiger partial charge is 0.462 e. The molecule has 5 nitrogen and oxygen atoms in total. The first-order chi connectivity index (χ1) is 16.6. The van der Waals surface area contributed by atoms with Gasteiger partial charge in [-0.25, -0.2) is 0 Å². The van der Waals surface area contributed by atoms with E-state index in [1.54, 1.807) is 0 Å². The number of hydrogen-bond donors (Lipinski definition) is 1. The zero-order valence-electron chi connectivity index (χ0n) is 21.8. The van der Waals surface area contributed by atoms with Crippen LogP contribution in [0.4, 0.5) is 0 Å². The zero-order valence-corrected chi connectivity index (χ0v) is 21.8. The van der Waals surface area contributed by atoms with Crippen LogP contribution in [0.25, 0.3) is 0 Å². The molecule has 0 aromatic rings. The Morgan fingerprint density at radius 3 is 1.91 bits per heavy atom. The van der Waals surface area contributed by atoms with Crippen LogP contribution in [0.2, 0.25) is 0 Å². The summed E-state index contributed by atoms with van der Waals surface area (Å²) in [6, 6.07) is 0. The fraction of sp³-hybridized carbons (Fsp3) is 0.724. The number of rotatable bonds is 23. The molecule has 0 spiro atoms. The van der Waals surface area contributed by atoms with Gasteiger partial charge in [-0.05, 0) is 44.9 Å². The standard InChI is InChI=1S/C29H50O5/c1-3-5-7-8-9-10-11-12-13-14-15-16-17-18-19-20-22-24-29(32)34-27(25-30)26-33-28(31)23-21-6-4-2/h5,7,9-10,12-13,27,30H,3-4,6,8,11,14-26H2,1-2H3/b7-5-,10-9-,13-12-. The average molecular weight is 479 g/mol. The summed E-state index contributed by atoms with van der Waals surface area (Å²) >= 11 is 0. The van der Waals surface area contributed by atoms with Crippen LogP contribution in [0.15, 0.2) is 36.5 Å². The molecule has 34 heavy (non-hydrogen) atoms. The summed E-state index contributed by atoms with van der Waals surface area (Å²) in [4.78, 5) is 23.6. The van der Waals surface area contributed by atoms with Gasteiger partial charge in [0.1, 0.15) is 6.61 Å². The van der Waals surface area contributed by atoms with Gasteiger partial charge in [0.15, 0.2) is 6.10 Å². The molecular formula is C29H50O5. The maximum Gasteiger partial charge on any atom is 0.306 e. The van der Waals surface area contributed by atoms with Gasteiger partial charge in [0.25, 0.3) is 0 Å². The van der Waals surface area contributed by atoms with E-state index in [1.165, 1.54) is 25.7 Å². The number of aliphatic hydroxyl groups is 1. The summed E-state index contributed by atoms with van der Waals surface area (Å²) in [6.45, 7) is 3.81. The summed E-state index contributed by atoms with van der Waals surface area (Å²) < 4.78 is 10.3. The number of unbranched alkanes of at least 4 members (excludes halogenated alkanes) is 9. The van der Waals surface area contributed by atoms with Gasteiger partial charge in [-0.15, -0.1) is 0 Å². The number of aliphatic hydroxyl groups excluding tert-OH is 1. The van der Waals surface area contributed by atoms with Crippen molar-refractivity contribution in [2.45, 2.75) is 123 Å². The molecule has 0 aliphatic rings. The maximum atomic E-state index is 11.9. The van der Waals surface area contributed by atoms with E-state index in [-0.39, 0.29) is 25.2 Å². The molecule has 0 amide bonds. The number of carbonyl (C=O) groups excluding carboxylic acids is 2. The van der Waals surface area contributed by atoms with Crippen molar-refractivity contribution in [3.8, 4) is 0 Å². The minimum Gasteiger partial charge on any atom is -0.462 e. The van der Waals surface area contributed by atoms with E-state index in [4.69, 9.17) is 9.47 Å². The maximum absolute atomic E-state index is 11.9. The van der Waals surface area contributed by atoms with Crippen molar-refractivity contribution in [1.82, 2.24) is 0 Å². The van der Waals surface area contributed by atoms with Crippen molar-refractivity contribution in [3.05, 3.63) is 36.5 Å². The van der Waals surface area contributed by atoms with Crippen LogP contribution in [0.5, 0.6) is 0 Å². The molecule has 0 radical (unpaired) electrons. The average Bonchev–Trinajstić information content (AvgIpc) is 2.83. The Labute approximate surface area is 208 Å². The van der Waals surface area contributed by atoms with Gasteiger partial charge in [-0.3, -0.25) is 9.59 Å². The van der Waals surface area contributed by atoms with Crippen molar-refractivity contribution < 1.29 is 24.2 Å². The lowest BCUT2D eigenvalue weighted by atomic mass is 10.1. The minimum absolute atomic E-state index is 0.0737. The van der Waals surface area contributed by atoms with Crippen LogP contribution >= 0.6 is 0 Å². The van der Waals surface area contributed by atoms with E-state index in [9.17, 15) is 14.7 Å². The molecule has 0 saturated heterocycles. The number of carbonyl (C=O) groups is 2. The lowest BCUT2D eigenvalue weighted by Crippen LogP contribution is -2.28. The molecule has 0 aliphatic carbocycles. The van der Waals surface area contributed by atoms with Crippen molar-refractivity contribution in [2.75, 3.05) is 13.2 Å². The highest BCUT2D eigenvalue weighted by molar-refractivity contribution is 5.70. The predicted octanol–water partition coefficient (Wildman–Crippen LogP) is 7.38. The SMILES string of the molecule is CC/C=C\C/C=C\C/C=C\CCCCCCCCCC(=O)OC(CO)COC(=O)CCCCC. The Bertz CT molecular complexity index is 565. The molecule has 0 bridgehead atoms.